The van der Waals surface area contributed by atoms with Gasteiger partial charge in [0.25, 0.3) is 5.91 Å². The molecule has 0 unspecified atom stereocenters. The van der Waals surface area contributed by atoms with Gasteiger partial charge in [0.15, 0.2) is 11.5 Å². The predicted molar refractivity (Wildman–Crippen MR) is 112 cm³/mol. The zero-order valence-corrected chi connectivity index (χ0v) is 16.7. The number of hydrogen-bond acceptors (Lipinski definition) is 4. The second kappa shape index (κ2) is 7.14. The average molecular weight is 391 g/mol. The Morgan fingerprint density at radius 2 is 1.90 bits per heavy atom. The smallest absolute Gasteiger partial charge is 0.256 e. The van der Waals surface area contributed by atoms with Crippen LogP contribution in [0.15, 0.2) is 36.4 Å². The van der Waals surface area contributed by atoms with Gasteiger partial charge in [-0.15, -0.1) is 0 Å². The summed E-state index contributed by atoms with van der Waals surface area (Å²) in [6.07, 6.45) is 7.21. The zero-order valence-electron chi connectivity index (χ0n) is 16.7. The van der Waals surface area contributed by atoms with Gasteiger partial charge in [-0.3, -0.25) is 4.79 Å². The van der Waals surface area contributed by atoms with Gasteiger partial charge in [-0.05, 0) is 73.4 Å². The molecule has 29 heavy (non-hydrogen) atoms. The van der Waals surface area contributed by atoms with Crippen LogP contribution < -0.4 is 19.5 Å². The van der Waals surface area contributed by atoms with Gasteiger partial charge in [-0.1, -0.05) is 6.07 Å². The van der Waals surface area contributed by atoms with Crippen LogP contribution in [0.3, 0.4) is 0 Å². The van der Waals surface area contributed by atoms with Crippen molar-refractivity contribution < 1.29 is 19.0 Å². The van der Waals surface area contributed by atoms with Crippen LogP contribution in [0.4, 0.5) is 5.69 Å². The number of benzene rings is 2. The summed E-state index contributed by atoms with van der Waals surface area (Å²) in [5, 5.41) is 2.91. The van der Waals surface area contributed by atoms with E-state index in [-0.39, 0.29) is 12.0 Å². The molecule has 2 saturated carbocycles. The summed E-state index contributed by atoms with van der Waals surface area (Å²) in [6.45, 7) is 0. The molecule has 2 aliphatic carbocycles. The van der Waals surface area contributed by atoms with Gasteiger partial charge in [0.1, 0.15) is 11.9 Å². The first-order chi connectivity index (χ1) is 14.1. The van der Waals surface area contributed by atoms with Gasteiger partial charge in [0.05, 0.1) is 19.9 Å². The molecule has 2 aromatic carbocycles. The number of ether oxygens (including phenoxy) is 3. The summed E-state index contributed by atoms with van der Waals surface area (Å²) < 4.78 is 17.2. The molecule has 1 heterocycles. The molecule has 5 nitrogen and oxygen atoms in total. The molecule has 1 N–H and O–H groups in total. The predicted octanol–water partition coefficient (Wildman–Crippen LogP) is 4.76. The Bertz CT molecular complexity index is 996. The van der Waals surface area contributed by atoms with Crippen LogP contribution in [0, 0.1) is 11.8 Å². The largest absolute Gasteiger partial charge is 0.497 e. The van der Waals surface area contributed by atoms with Gasteiger partial charge in [-0.25, -0.2) is 0 Å². The maximum atomic E-state index is 12.5. The number of hydrogen-bond donors (Lipinski definition) is 1. The van der Waals surface area contributed by atoms with E-state index >= 15 is 0 Å². The SMILES string of the molecule is COc1ccc2c(c1)NC(=O)/C2=C\c1ccc(OC)c(O[C@H]2C[C@@H]3CC[C@H]2C3)c1. The molecule has 2 aromatic rings. The molecule has 1 amide bonds. The lowest BCUT2D eigenvalue weighted by atomic mass is 9.97. The first kappa shape index (κ1) is 18.1. The van der Waals surface area contributed by atoms with Crippen LogP contribution in [0.25, 0.3) is 11.6 Å². The zero-order chi connectivity index (χ0) is 20.0. The molecule has 0 saturated heterocycles. The van der Waals surface area contributed by atoms with Crippen molar-refractivity contribution in [1.82, 2.24) is 0 Å². The minimum Gasteiger partial charge on any atom is -0.497 e. The molecule has 2 fully saturated rings. The Kier molecular flexibility index (Phi) is 4.46. The normalized spacial score (nSPS) is 25.8. The number of amides is 1. The van der Waals surface area contributed by atoms with E-state index < -0.39 is 0 Å². The highest BCUT2D eigenvalue weighted by Gasteiger charge is 2.41. The fourth-order valence-electron chi connectivity index (χ4n) is 4.98. The van der Waals surface area contributed by atoms with Crippen LogP contribution in [0.1, 0.15) is 36.8 Å². The highest BCUT2D eigenvalue weighted by molar-refractivity contribution is 6.35. The summed E-state index contributed by atoms with van der Waals surface area (Å²) >= 11 is 0. The van der Waals surface area contributed by atoms with Crippen LogP contribution in [-0.2, 0) is 4.79 Å². The molecule has 0 radical (unpaired) electrons. The maximum absolute atomic E-state index is 12.5. The molecule has 0 spiro atoms. The van der Waals surface area contributed by atoms with Gasteiger partial charge >= 0.3 is 0 Å². The van der Waals surface area contributed by atoms with Crippen molar-refractivity contribution >= 4 is 23.2 Å². The molecule has 0 aromatic heterocycles. The second-order valence-corrected chi connectivity index (χ2v) is 8.17. The number of carbonyl (C=O) groups is 1. The van der Waals surface area contributed by atoms with Crippen LogP contribution >= 0.6 is 0 Å². The third kappa shape index (κ3) is 3.24. The number of nitrogens with one attached hydrogen (secondary N) is 1. The number of fused-ring (bicyclic) bond motifs is 3. The van der Waals surface area contributed by atoms with E-state index in [2.05, 4.69) is 5.32 Å². The van der Waals surface area contributed by atoms with Crippen LogP contribution in [0.2, 0.25) is 0 Å². The Labute approximate surface area is 170 Å². The van der Waals surface area contributed by atoms with E-state index in [1.165, 1.54) is 19.3 Å². The second-order valence-electron chi connectivity index (χ2n) is 8.17. The van der Waals surface area contributed by atoms with Crippen molar-refractivity contribution in [2.24, 2.45) is 11.8 Å². The first-order valence-corrected chi connectivity index (χ1v) is 10.2. The van der Waals surface area contributed by atoms with E-state index in [1.54, 1.807) is 14.2 Å². The lowest BCUT2D eigenvalue weighted by molar-refractivity contribution is -0.110. The highest BCUT2D eigenvalue weighted by atomic mass is 16.5. The Morgan fingerprint density at radius 1 is 1.00 bits per heavy atom. The molecular formula is C24H25NO4. The lowest BCUT2D eigenvalue weighted by Gasteiger charge is -2.24. The number of methoxy groups -OCH3 is 2. The van der Waals surface area contributed by atoms with Crippen molar-refractivity contribution in [2.45, 2.75) is 31.8 Å². The molecule has 3 aliphatic rings. The van der Waals surface area contributed by atoms with Crippen molar-refractivity contribution in [3.8, 4) is 17.2 Å². The third-order valence-electron chi connectivity index (χ3n) is 6.46. The maximum Gasteiger partial charge on any atom is 0.256 e. The molecule has 150 valence electrons. The summed E-state index contributed by atoms with van der Waals surface area (Å²) in [7, 11) is 3.28. The fourth-order valence-corrected chi connectivity index (χ4v) is 4.98. The fraction of sp³-hybridized carbons (Fsp3) is 0.375. The van der Waals surface area contributed by atoms with Crippen LogP contribution in [-0.4, -0.2) is 26.2 Å². The summed E-state index contributed by atoms with van der Waals surface area (Å²) in [5.74, 6) is 3.57. The summed E-state index contributed by atoms with van der Waals surface area (Å²) in [4.78, 5) is 12.5. The lowest BCUT2D eigenvalue weighted by Crippen LogP contribution is -2.23. The van der Waals surface area contributed by atoms with Crippen molar-refractivity contribution in [2.75, 3.05) is 19.5 Å². The van der Waals surface area contributed by atoms with E-state index in [1.807, 2.05) is 42.5 Å². The van der Waals surface area contributed by atoms with E-state index in [4.69, 9.17) is 14.2 Å². The van der Waals surface area contributed by atoms with Crippen molar-refractivity contribution in [3.05, 3.63) is 47.5 Å². The number of carbonyl (C=O) groups excluding carboxylic acids is 1. The third-order valence-corrected chi connectivity index (χ3v) is 6.46. The van der Waals surface area contributed by atoms with Gasteiger partial charge in [0, 0.05) is 17.2 Å². The van der Waals surface area contributed by atoms with Crippen molar-refractivity contribution in [1.29, 1.82) is 0 Å². The molecule has 5 rings (SSSR count). The standard InChI is InChI=1S/C24H25NO4/c1-27-17-6-7-18-19(24(26)25-20(18)13-17)10-15-4-8-21(28-2)23(12-15)29-22-11-14-3-5-16(22)9-14/h4,6-8,10,12-14,16,22H,3,5,9,11H2,1-2H3,(H,25,26)/b19-10-/t14-,16+,22+/m1/s1. The van der Waals surface area contributed by atoms with E-state index in [9.17, 15) is 4.79 Å². The Balaban J connectivity index is 1.45. The molecule has 5 heteroatoms. The highest BCUT2D eigenvalue weighted by Crippen LogP contribution is 2.47. The Morgan fingerprint density at radius 3 is 2.62 bits per heavy atom. The number of rotatable bonds is 5. The quantitative estimate of drug-likeness (QED) is 0.747. The summed E-state index contributed by atoms with van der Waals surface area (Å²) in [5.41, 5.74) is 3.20. The monoisotopic (exact) mass is 391 g/mol. The minimum absolute atomic E-state index is 0.111. The first-order valence-electron chi connectivity index (χ1n) is 10.2. The molecule has 3 atom stereocenters. The topological polar surface area (TPSA) is 56.8 Å². The van der Waals surface area contributed by atoms with Crippen molar-refractivity contribution in [3.63, 3.8) is 0 Å². The molecule has 1 aliphatic heterocycles. The van der Waals surface area contributed by atoms with E-state index in [0.29, 0.717) is 11.5 Å². The van der Waals surface area contributed by atoms with Crippen LogP contribution in [0.5, 0.6) is 17.2 Å². The number of anilines is 1. The Hall–Kier alpha value is -2.95. The van der Waals surface area contributed by atoms with E-state index in [0.717, 1.165) is 46.4 Å². The average Bonchev–Trinajstić information content (AvgIpc) is 3.43. The van der Waals surface area contributed by atoms with Gasteiger partial charge < -0.3 is 19.5 Å². The van der Waals surface area contributed by atoms with Gasteiger partial charge in [-0.2, -0.15) is 0 Å². The van der Waals surface area contributed by atoms with Gasteiger partial charge in [0.2, 0.25) is 0 Å². The summed E-state index contributed by atoms with van der Waals surface area (Å²) in [6, 6.07) is 11.5. The minimum atomic E-state index is -0.111. The molecular weight excluding hydrogens is 366 g/mol. The molecule has 2 bridgehead atoms.